The molecule has 1 spiro atoms. The van der Waals surface area contributed by atoms with E-state index in [4.69, 9.17) is 0 Å². The van der Waals surface area contributed by atoms with Gasteiger partial charge in [-0.1, -0.05) is 30.3 Å². The van der Waals surface area contributed by atoms with Gasteiger partial charge < -0.3 is 14.7 Å². The molecule has 3 aliphatic heterocycles. The van der Waals surface area contributed by atoms with Crippen molar-refractivity contribution in [3.8, 4) is 0 Å². The Labute approximate surface area is 168 Å². The lowest BCUT2D eigenvalue weighted by molar-refractivity contribution is -0.140. The van der Waals surface area contributed by atoms with Gasteiger partial charge in [0.1, 0.15) is 0 Å². The van der Waals surface area contributed by atoms with Gasteiger partial charge >= 0.3 is 0 Å². The normalized spacial score (nSPS) is 26.2. The van der Waals surface area contributed by atoms with Crippen molar-refractivity contribution in [2.24, 2.45) is 5.41 Å². The minimum absolute atomic E-state index is 0.206. The predicted octanol–water partition coefficient (Wildman–Crippen LogP) is 2.90. The maximum Gasteiger partial charge on any atom is 0.223 e. The van der Waals surface area contributed by atoms with Crippen LogP contribution in [-0.4, -0.2) is 65.8 Å². The van der Waals surface area contributed by atoms with Gasteiger partial charge in [-0.2, -0.15) is 0 Å². The summed E-state index contributed by atoms with van der Waals surface area (Å²) in [5.74, 6) is 0.609. The second-order valence-electron chi connectivity index (χ2n) is 8.95. The zero-order valence-electron chi connectivity index (χ0n) is 16.9. The monoisotopic (exact) mass is 383 g/mol. The lowest BCUT2D eigenvalue weighted by atomic mass is 9.73. The fraction of sp³-hybridized carbons (Fsp3) is 0.652. The van der Waals surface area contributed by atoms with E-state index in [0.717, 1.165) is 65.1 Å². The first-order valence-corrected chi connectivity index (χ1v) is 11.0. The second kappa shape index (κ2) is 8.64. The Morgan fingerprint density at radius 3 is 2.54 bits per heavy atom. The highest BCUT2D eigenvalue weighted by atomic mass is 16.2. The van der Waals surface area contributed by atoms with Gasteiger partial charge in [0.05, 0.1) is 0 Å². The van der Waals surface area contributed by atoms with Gasteiger partial charge in [-0.25, -0.2) is 0 Å². The molecule has 2 amide bonds. The Balaban J connectivity index is 1.34. The van der Waals surface area contributed by atoms with E-state index in [2.05, 4.69) is 21.9 Å². The number of carbonyl (C=O) groups excluding carboxylic acids is 2. The summed E-state index contributed by atoms with van der Waals surface area (Å²) in [6.07, 6.45) is 6.98. The second-order valence-corrected chi connectivity index (χ2v) is 8.95. The first kappa shape index (κ1) is 19.4. The Hall–Kier alpha value is -1.88. The maximum absolute atomic E-state index is 12.5. The molecule has 3 fully saturated rings. The summed E-state index contributed by atoms with van der Waals surface area (Å²) >= 11 is 0. The standard InChI is InChI=1S/C23H33N3O2/c27-21-9-12-23(19-26(21)17-20-7-2-1-3-8-20)11-6-13-24(18-23)16-10-22(28)25-14-4-5-15-25/h1-3,7-8H,4-6,9-19H2/t23-/m1/s1. The number of likely N-dealkylation sites (tertiary alicyclic amines) is 3. The minimum atomic E-state index is 0.206. The summed E-state index contributed by atoms with van der Waals surface area (Å²) in [6.45, 7) is 6.44. The highest BCUT2D eigenvalue weighted by Gasteiger charge is 2.41. The van der Waals surface area contributed by atoms with Crippen molar-refractivity contribution in [2.45, 2.75) is 51.5 Å². The summed E-state index contributed by atoms with van der Waals surface area (Å²) in [7, 11) is 0. The van der Waals surface area contributed by atoms with Gasteiger partial charge in [-0.3, -0.25) is 9.59 Å². The van der Waals surface area contributed by atoms with Crippen LogP contribution in [0.3, 0.4) is 0 Å². The highest BCUT2D eigenvalue weighted by molar-refractivity contribution is 5.77. The first-order chi connectivity index (χ1) is 13.6. The Morgan fingerprint density at radius 2 is 1.75 bits per heavy atom. The van der Waals surface area contributed by atoms with Crippen LogP contribution >= 0.6 is 0 Å². The summed E-state index contributed by atoms with van der Waals surface area (Å²) in [6, 6.07) is 10.3. The van der Waals surface area contributed by atoms with E-state index in [1.54, 1.807) is 0 Å². The molecule has 0 unspecified atom stereocenters. The molecule has 3 heterocycles. The SMILES string of the molecule is O=C(CCN1CCC[C@@]2(CCC(=O)N(Cc3ccccc3)C2)C1)N1CCCC1. The number of carbonyl (C=O) groups is 2. The lowest BCUT2D eigenvalue weighted by Gasteiger charge is -2.48. The van der Waals surface area contributed by atoms with E-state index in [-0.39, 0.29) is 11.3 Å². The molecule has 28 heavy (non-hydrogen) atoms. The number of hydrogen-bond donors (Lipinski definition) is 0. The molecule has 0 saturated carbocycles. The van der Waals surface area contributed by atoms with E-state index >= 15 is 0 Å². The van der Waals surface area contributed by atoms with Gasteiger partial charge in [0.15, 0.2) is 0 Å². The molecule has 1 aromatic rings. The van der Waals surface area contributed by atoms with Crippen LogP contribution in [0.25, 0.3) is 0 Å². The average Bonchev–Trinajstić information content (AvgIpc) is 3.25. The number of hydrogen-bond acceptors (Lipinski definition) is 3. The molecule has 0 bridgehead atoms. The summed E-state index contributed by atoms with van der Waals surface area (Å²) in [5, 5.41) is 0. The number of benzene rings is 1. The topological polar surface area (TPSA) is 43.9 Å². The van der Waals surface area contributed by atoms with Crippen molar-refractivity contribution in [1.29, 1.82) is 0 Å². The van der Waals surface area contributed by atoms with E-state index in [1.165, 1.54) is 18.4 Å². The van der Waals surface area contributed by atoms with Crippen molar-refractivity contribution in [3.05, 3.63) is 35.9 Å². The number of nitrogens with zero attached hydrogens (tertiary/aromatic N) is 3. The van der Waals surface area contributed by atoms with Gasteiger partial charge in [0, 0.05) is 57.5 Å². The summed E-state index contributed by atoms with van der Waals surface area (Å²) in [5.41, 5.74) is 1.41. The van der Waals surface area contributed by atoms with Gasteiger partial charge in [-0.15, -0.1) is 0 Å². The number of rotatable bonds is 5. The predicted molar refractivity (Wildman–Crippen MR) is 110 cm³/mol. The van der Waals surface area contributed by atoms with E-state index in [0.29, 0.717) is 18.7 Å². The molecule has 4 rings (SSSR count). The van der Waals surface area contributed by atoms with Crippen molar-refractivity contribution in [1.82, 2.24) is 14.7 Å². The van der Waals surface area contributed by atoms with Crippen LogP contribution in [0.5, 0.6) is 0 Å². The molecule has 1 aromatic carbocycles. The molecule has 0 N–H and O–H groups in total. The zero-order chi connectivity index (χ0) is 19.4. The molecule has 0 aliphatic carbocycles. The Kier molecular flexibility index (Phi) is 6.00. The summed E-state index contributed by atoms with van der Waals surface area (Å²) in [4.78, 5) is 31.5. The van der Waals surface area contributed by atoms with Crippen molar-refractivity contribution >= 4 is 11.8 Å². The van der Waals surface area contributed by atoms with Crippen molar-refractivity contribution < 1.29 is 9.59 Å². The summed E-state index contributed by atoms with van der Waals surface area (Å²) < 4.78 is 0. The largest absolute Gasteiger partial charge is 0.343 e. The quantitative estimate of drug-likeness (QED) is 0.785. The van der Waals surface area contributed by atoms with E-state index in [1.807, 2.05) is 23.1 Å². The number of amides is 2. The first-order valence-electron chi connectivity index (χ1n) is 11.0. The molecular formula is C23H33N3O2. The molecule has 3 saturated heterocycles. The molecule has 0 radical (unpaired) electrons. The van der Waals surface area contributed by atoms with Crippen LogP contribution in [0.1, 0.15) is 50.5 Å². The van der Waals surface area contributed by atoms with Crippen LogP contribution < -0.4 is 0 Å². The molecule has 5 heteroatoms. The van der Waals surface area contributed by atoms with E-state index in [9.17, 15) is 9.59 Å². The third-order valence-corrected chi connectivity index (χ3v) is 6.81. The fourth-order valence-corrected chi connectivity index (χ4v) is 5.26. The number of piperidine rings is 2. The van der Waals surface area contributed by atoms with Gasteiger partial charge in [0.2, 0.25) is 11.8 Å². The van der Waals surface area contributed by atoms with Crippen molar-refractivity contribution in [3.63, 3.8) is 0 Å². The fourth-order valence-electron chi connectivity index (χ4n) is 5.26. The molecule has 0 aromatic heterocycles. The van der Waals surface area contributed by atoms with Gasteiger partial charge in [0.25, 0.3) is 0 Å². The smallest absolute Gasteiger partial charge is 0.223 e. The van der Waals surface area contributed by atoms with Gasteiger partial charge in [-0.05, 0) is 44.2 Å². The highest BCUT2D eigenvalue weighted by Crippen LogP contribution is 2.39. The van der Waals surface area contributed by atoms with Crippen LogP contribution in [0.2, 0.25) is 0 Å². The zero-order valence-corrected chi connectivity index (χ0v) is 16.9. The lowest BCUT2D eigenvalue weighted by Crippen LogP contribution is -2.54. The molecular weight excluding hydrogens is 350 g/mol. The minimum Gasteiger partial charge on any atom is -0.343 e. The molecule has 3 aliphatic rings. The van der Waals surface area contributed by atoms with E-state index < -0.39 is 0 Å². The maximum atomic E-state index is 12.5. The third-order valence-electron chi connectivity index (χ3n) is 6.81. The molecule has 152 valence electrons. The van der Waals surface area contributed by atoms with Crippen LogP contribution in [0.15, 0.2) is 30.3 Å². The molecule has 5 nitrogen and oxygen atoms in total. The Morgan fingerprint density at radius 1 is 0.964 bits per heavy atom. The van der Waals surface area contributed by atoms with Crippen molar-refractivity contribution in [2.75, 3.05) is 39.3 Å². The van der Waals surface area contributed by atoms with Crippen LogP contribution in [0, 0.1) is 5.41 Å². The third kappa shape index (κ3) is 4.57. The average molecular weight is 384 g/mol. The van der Waals surface area contributed by atoms with Crippen LogP contribution in [-0.2, 0) is 16.1 Å². The molecule has 1 atom stereocenters. The Bertz CT molecular complexity index is 686. The van der Waals surface area contributed by atoms with Crippen LogP contribution in [0.4, 0.5) is 0 Å².